The minimum absolute atomic E-state index is 0.272. The summed E-state index contributed by atoms with van der Waals surface area (Å²) in [5.74, 6) is -0.633. The number of methoxy groups -OCH3 is 1. The molecule has 1 N–H and O–H groups in total. The Labute approximate surface area is 76.9 Å². The summed E-state index contributed by atoms with van der Waals surface area (Å²) in [5, 5.41) is 2.23. The normalized spacial score (nSPS) is 19.3. The maximum Gasteiger partial charge on any atom is 0.257 e. The third kappa shape index (κ3) is 1.62. The van der Waals surface area contributed by atoms with Crippen LogP contribution in [0.15, 0.2) is 11.1 Å². The molecule has 4 heteroatoms. The molecule has 0 fully saturated rings. The van der Waals surface area contributed by atoms with Crippen molar-refractivity contribution < 1.29 is 14.3 Å². The summed E-state index contributed by atoms with van der Waals surface area (Å²) in [6.45, 7) is 3.54. The van der Waals surface area contributed by atoms with Crippen molar-refractivity contribution >= 4 is 11.8 Å². The first-order chi connectivity index (χ1) is 6.11. The minimum atomic E-state index is -0.323. The monoisotopic (exact) mass is 183 g/mol. The fourth-order valence-corrected chi connectivity index (χ4v) is 1.43. The second-order valence-corrected chi connectivity index (χ2v) is 2.95. The molecule has 72 valence electrons. The molecule has 1 aliphatic rings. The first kappa shape index (κ1) is 9.92. The van der Waals surface area contributed by atoms with Crippen LogP contribution in [0.4, 0.5) is 0 Å². The molecule has 0 aromatic rings. The van der Waals surface area contributed by atoms with Crippen LogP contribution in [0.1, 0.15) is 20.3 Å². The quantitative estimate of drug-likeness (QED) is 0.644. The van der Waals surface area contributed by atoms with E-state index in [1.165, 1.54) is 7.11 Å². The zero-order chi connectivity index (χ0) is 10.0. The zero-order valence-corrected chi connectivity index (χ0v) is 8.01. The second kappa shape index (κ2) is 3.70. The number of hydrogen-bond donors (Lipinski definition) is 1. The van der Waals surface area contributed by atoms with Gasteiger partial charge in [-0.2, -0.15) is 0 Å². The predicted octanol–water partition coefficient (Wildman–Crippen LogP) is 0.384. The molecular formula is C9H13NO3. The van der Waals surface area contributed by atoms with Crippen molar-refractivity contribution in [1.29, 1.82) is 0 Å². The van der Waals surface area contributed by atoms with Crippen molar-refractivity contribution in [3.8, 4) is 0 Å². The van der Waals surface area contributed by atoms with Gasteiger partial charge in [-0.15, -0.1) is 0 Å². The summed E-state index contributed by atoms with van der Waals surface area (Å²) in [5.41, 5.74) is 0.939. The van der Waals surface area contributed by atoms with E-state index in [2.05, 4.69) is 5.32 Å². The Bertz CT molecular complexity index is 277. The third-order valence-electron chi connectivity index (χ3n) is 2.19. The molecule has 4 nitrogen and oxygen atoms in total. The minimum Gasteiger partial charge on any atom is -0.377 e. The van der Waals surface area contributed by atoms with E-state index in [9.17, 15) is 9.59 Å². The van der Waals surface area contributed by atoms with Crippen molar-refractivity contribution in [1.82, 2.24) is 5.32 Å². The molecular weight excluding hydrogens is 170 g/mol. The molecule has 2 amide bonds. The van der Waals surface area contributed by atoms with Crippen LogP contribution in [0.5, 0.6) is 0 Å². The number of nitrogens with one attached hydrogen (secondary N) is 1. The molecule has 0 saturated carbocycles. The van der Waals surface area contributed by atoms with E-state index in [1.54, 1.807) is 6.92 Å². The van der Waals surface area contributed by atoms with E-state index in [1.807, 2.05) is 6.92 Å². The maximum atomic E-state index is 11.3. The van der Waals surface area contributed by atoms with E-state index < -0.39 is 0 Å². The molecule has 0 aromatic heterocycles. The molecule has 1 atom stereocenters. The Balaban J connectivity index is 3.00. The van der Waals surface area contributed by atoms with Gasteiger partial charge >= 0.3 is 0 Å². The lowest BCUT2D eigenvalue weighted by atomic mass is 10.0. The Morgan fingerprint density at radius 1 is 1.38 bits per heavy atom. The molecule has 0 aliphatic carbocycles. The molecule has 1 unspecified atom stereocenters. The van der Waals surface area contributed by atoms with Crippen molar-refractivity contribution in [2.75, 3.05) is 7.11 Å². The first-order valence-corrected chi connectivity index (χ1v) is 4.21. The van der Waals surface area contributed by atoms with E-state index in [0.29, 0.717) is 17.6 Å². The van der Waals surface area contributed by atoms with E-state index in [0.717, 1.165) is 0 Å². The van der Waals surface area contributed by atoms with E-state index in [-0.39, 0.29) is 17.9 Å². The number of carbonyl (C=O) groups is 2. The zero-order valence-electron chi connectivity index (χ0n) is 8.01. The maximum absolute atomic E-state index is 11.3. The lowest BCUT2D eigenvalue weighted by Crippen LogP contribution is -2.26. The van der Waals surface area contributed by atoms with Gasteiger partial charge in [0.1, 0.15) is 0 Å². The van der Waals surface area contributed by atoms with Crippen LogP contribution in [0, 0.1) is 0 Å². The predicted molar refractivity (Wildman–Crippen MR) is 46.9 cm³/mol. The Morgan fingerprint density at radius 3 is 2.31 bits per heavy atom. The molecule has 1 heterocycles. The molecule has 1 aliphatic heterocycles. The van der Waals surface area contributed by atoms with Crippen LogP contribution in [0.3, 0.4) is 0 Å². The van der Waals surface area contributed by atoms with Gasteiger partial charge < -0.3 is 4.74 Å². The standard InChI is InChI=1S/C9H13NO3/c1-4-6(13-3)7-5(2)8(11)10-9(7)12/h6H,4H2,1-3H3,(H,10,11,12). The fourth-order valence-electron chi connectivity index (χ4n) is 1.43. The number of imide groups is 1. The average molecular weight is 183 g/mol. The van der Waals surface area contributed by atoms with Crippen LogP contribution in [0.2, 0.25) is 0 Å². The summed E-state index contributed by atoms with van der Waals surface area (Å²) in [6, 6.07) is 0. The van der Waals surface area contributed by atoms with Crippen molar-refractivity contribution in [3.05, 3.63) is 11.1 Å². The number of ether oxygens (including phenoxy) is 1. The van der Waals surface area contributed by atoms with Gasteiger partial charge in [-0.3, -0.25) is 14.9 Å². The Kier molecular flexibility index (Phi) is 2.83. The number of hydrogen-bond acceptors (Lipinski definition) is 3. The summed E-state index contributed by atoms with van der Waals surface area (Å²) < 4.78 is 5.10. The van der Waals surface area contributed by atoms with Gasteiger partial charge in [0.2, 0.25) is 0 Å². The highest BCUT2D eigenvalue weighted by atomic mass is 16.5. The van der Waals surface area contributed by atoms with Crippen LogP contribution in [-0.2, 0) is 14.3 Å². The highest BCUT2D eigenvalue weighted by molar-refractivity contribution is 6.19. The first-order valence-electron chi connectivity index (χ1n) is 4.21. The van der Waals surface area contributed by atoms with Gasteiger partial charge in [0.15, 0.2) is 0 Å². The molecule has 0 radical (unpaired) electrons. The molecule has 0 bridgehead atoms. The number of carbonyl (C=O) groups excluding carboxylic acids is 2. The van der Waals surface area contributed by atoms with E-state index in [4.69, 9.17) is 4.74 Å². The van der Waals surface area contributed by atoms with Gasteiger partial charge in [-0.25, -0.2) is 0 Å². The highest BCUT2D eigenvalue weighted by Gasteiger charge is 2.31. The van der Waals surface area contributed by atoms with Gasteiger partial charge in [0.25, 0.3) is 11.8 Å². The van der Waals surface area contributed by atoms with Crippen LogP contribution in [-0.4, -0.2) is 25.0 Å². The SMILES string of the molecule is CCC(OC)C1=C(C)C(=O)NC1=O. The molecule has 0 aromatic carbocycles. The second-order valence-electron chi connectivity index (χ2n) is 2.95. The van der Waals surface area contributed by atoms with Crippen LogP contribution >= 0.6 is 0 Å². The lowest BCUT2D eigenvalue weighted by Gasteiger charge is -2.12. The lowest BCUT2D eigenvalue weighted by molar-refractivity contribution is -0.124. The summed E-state index contributed by atoms with van der Waals surface area (Å²) in [6.07, 6.45) is 0.413. The van der Waals surface area contributed by atoms with Gasteiger partial charge in [-0.1, -0.05) is 6.92 Å². The van der Waals surface area contributed by atoms with Gasteiger partial charge in [0, 0.05) is 12.7 Å². The summed E-state index contributed by atoms with van der Waals surface area (Å²) >= 11 is 0. The van der Waals surface area contributed by atoms with Crippen LogP contribution in [0.25, 0.3) is 0 Å². The molecule has 0 spiro atoms. The van der Waals surface area contributed by atoms with Gasteiger partial charge in [-0.05, 0) is 13.3 Å². The van der Waals surface area contributed by atoms with Crippen molar-refractivity contribution in [2.24, 2.45) is 0 Å². The smallest absolute Gasteiger partial charge is 0.257 e. The average Bonchev–Trinajstić information content (AvgIpc) is 2.34. The summed E-state index contributed by atoms with van der Waals surface area (Å²) in [7, 11) is 1.53. The summed E-state index contributed by atoms with van der Waals surface area (Å²) in [4.78, 5) is 22.4. The van der Waals surface area contributed by atoms with Crippen LogP contribution < -0.4 is 5.32 Å². The van der Waals surface area contributed by atoms with Crippen molar-refractivity contribution in [2.45, 2.75) is 26.4 Å². The molecule has 1 rings (SSSR count). The fraction of sp³-hybridized carbons (Fsp3) is 0.556. The highest BCUT2D eigenvalue weighted by Crippen LogP contribution is 2.19. The third-order valence-corrected chi connectivity index (χ3v) is 2.19. The van der Waals surface area contributed by atoms with Crippen molar-refractivity contribution in [3.63, 3.8) is 0 Å². The van der Waals surface area contributed by atoms with E-state index >= 15 is 0 Å². The largest absolute Gasteiger partial charge is 0.377 e. The number of amides is 2. The Morgan fingerprint density at radius 2 is 2.00 bits per heavy atom. The molecule has 0 saturated heterocycles. The topological polar surface area (TPSA) is 55.4 Å². The molecule has 13 heavy (non-hydrogen) atoms. The van der Waals surface area contributed by atoms with Gasteiger partial charge in [0.05, 0.1) is 11.7 Å². The Hall–Kier alpha value is -1.16. The number of rotatable bonds is 3.